The third-order valence-corrected chi connectivity index (χ3v) is 5.49. The molecule has 0 saturated carbocycles. The van der Waals surface area contributed by atoms with Gasteiger partial charge in [0.25, 0.3) is 5.91 Å². The fourth-order valence-corrected chi connectivity index (χ4v) is 3.68. The first-order valence-corrected chi connectivity index (χ1v) is 9.89. The Morgan fingerprint density at radius 3 is 2.55 bits per heavy atom. The zero-order chi connectivity index (χ0) is 20.8. The smallest absolute Gasteiger partial charge is 0.258 e. The number of aryl methyl sites for hydroxylation is 1. The highest BCUT2D eigenvalue weighted by molar-refractivity contribution is 7.15. The average Bonchev–Trinajstić information content (AvgIpc) is 3.11. The number of hydrogen-bond acceptors (Lipinski definition) is 6. The Labute approximate surface area is 173 Å². The van der Waals surface area contributed by atoms with Crippen LogP contribution in [0.1, 0.15) is 27.9 Å². The van der Waals surface area contributed by atoms with E-state index in [9.17, 15) is 9.59 Å². The van der Waals surface area contributed by atoms with Gasteiger partial charge in [0.05, 0.1) is 19.3 Å². The maximum atomic E-state index is 12.2. The second-order valence-electron chi connectivity index (χ2n) is 6.38. The summed E-state index contributed by atoms with van der Waals surface area (Å²) < 4.78 is 10.8. The number of carbonyl (C=O) groups excluding carboxylic acids is 2. The van der Waals surface area contributed by atoms with Gasteiger partial charge in [0, 0.05) is 16.0 Å². The van der Waals surface area contributed by atoms with Gasteiger partial charge in [0.1, 0.15) is 5.01 Å². The van der Waals surface area contributed by atoms with Crippen LogP contribution in [0.5, 0.6) is 11.5 Å². The molecule has 0 unspecified atom stereocenters. The van der Waals surface area contributed by atoms with Gasteiger partial charge < -0.3 is 14.8 Å². The summed E-state index contributed by atoms with van der Waals surface area (Å²) in [6.07, 6.45) is 0. The molecule has 150 valence electrons. The number of benzene rings is 2. The Bertz CT molecular complexity index is 1010. The molecule has 0 aliphatic rings. The highest BCUT2D eigenvalue weighted by Crippen LogP contribution is 2.29. The predicted octanol–water partition coefficient (Wildman–Crippen LogP) is 4.02. The number of nitrogens with one attached hydrogen (secondary N) is 1. The zero-order valence-electron chi connectivity index (χ0n) is 16.5. The molecule has 0 aliphatic carbocycles. The minimum atomic E-state index is -0.253. The van der Waals surface area contributed by atoms with Crippen LogP contribution >= 0.6 is 11.3 Å². The molecule has 0 saturated heterocycles. The average molecular weight is 410 g/mol. The fourth-order valence-electron chi connectivity index (χ4n) is 2.68. The van der Waals surface area contributed by atoms with Crippen molar-refractivity contribution in [3.8, 4) is 22.1 Å². The van der Waals surface area contributed by atoms with E-state index in [0.717, 1.165) is 21.1 Å². The molecule has 0 atom stereocenters. The molecular formula is C22H22N2O4S. The molecule has 0 fully saturated rings. The van der Waals surface area contributed by atoms with Crippen LogP contribution in [0.25, 0.3) is 10.6 Å². The van der Waals surface area contributed by atoms with Crippen LogP contribution < -0.4 is 14.8 Å². The van der Waals surface area contributed by atoms with E-state index in [1.54, 1.807) is 29.5 Å². The van der Waals surface area contributed by atoms with E-state index < -0.39 is 0 Å². The maximum absolute atomic E-state index is 12.2. The molecule has 3 aromatic rings. The molecule has 1 aromatic heterocycles. The lowest BCUT2D eigenvalue weighted by Crippen LogP contribution is -2.28. The van der Waals surface area contributed by atoms with Gasteiger partial charge >= 0.3 is 0 Å². The van der Waals surface area contributed by atoms with Crippen molar-refractivity contribution in [2.24, 2.45) is 0 Å². The number of amides is 1. The van der Waals surface area contributed by atoms with Gasteiger partial charge in [-0.25, -0.2) is 4.98 Å². The Hall–Kier alpha value is -3.19. The minimum absolute atomic E-state index is 0.0672. The number of nitrogens with zero attached hydrogens (tertiary/aromatic N) is 1. The van der Waals surface area contributed by atoms with Crippen molar-refractivity contribution in [3.05, 3.63) is 64.7 Å². The van der Waals surface area contributed by atoms with E-state index in [0.29, 0.717) is 23.6 Å². The van der Waals surface area contributed by atoms with Gasteiger partial charge in [-0.05, 0) is 32.0 Å². The SMILES string of the molecule is COc1cc(C(C)=O)ccc1OCC(=O)NCc1sc(-c2ccccc2)nc1C. The number of methoxy groups -OCH3 is 1. The number of carbonyl (C=O) groups is 2. The highest BCUT2D eigenvalue weighted by Gasteiger charge is 2.13. The lowest BCUT2D eigenvalue weighted by molar-refractivity contribution is -0.123. The normalized spacial score (nSPS) is 10.4. The molecule has 29 heavy (non-hydrogen) atoms. The van der Waals surface area contributed by atoms with Crippen molar-refractivity contribution in [1.29, 1.82) is 0 Å². The lowest BCUT2D eigenvalue weighted by atomic mass is 10.1. The molecule has 1 heterocycles. The first-order valence-electron chi connectivity index (χ1n) is 9.08. The standard InChI is InChI=1S/C22H22N2O4S/c1-14-20(29-22(24-14)16-7-5-4-6-8-16)12-23-21(26)13-28-18-10-9-17(15(2)25)11-19(18)27-3/h4-11H,12-13H2,1-3H3,(H,23,26). The lowest BCUT2D eigenvalue weighted by Gasteiger charge is -2.11. The van der Waals surface area contributed by atoms with E-state index in [1.165, 1.54) is 14.0 Å². The van der Waals surface area contributed by atoms with Gasteiger partial charge in [-0.15, -0.1) is 11.3 Å². The van der Waals surface area contributed by atoms with Crippen LogP contribution in [-0.4, -0.2) is 30.4 Å². The topological polar surface area (TPSA) is 77.5 Å². The van der Waals surface area contributed by atoms with E-state index in [2.05, 4.69) is 10.3 Å². The maximum Gasteiger partial charge on any atom is 0.258 e. The number of aromatic nitrogens is 1. The van der Waals surface area contributed by atoms with E-state index in [-0.39, 0.29) is 18.3 Å². The summed E-state index contributed by atoms with van der Waals surface area (Å²) in [6.45, 7) is 3.65. The van der Waals surface area contributed by atoms with Crippen LogP contribution in [0.2, 0.25) is 0 Å². The fraction of sp³-hybridized carbons (Fsp3) is 0.227. The predicted molar refractivity (Wildman–Crippen MR) is 113 cm³/mol. The van der Waals surface area contributed by atoms with E-state index in [1.807, 2.05) is 37.3 Å². The van der Waals surface area contributed by atoms with Crippen molar-refractivity contribution in [2.45, 2.75) is 20.4 Å². The molecule has 6 nitrogen and oxygen atoms in total. The number of thiazole rings is 1. The van der Waals surface area contributed by atoms with Gasteiger partial charge in [0.2, 0.25) is 0 Å². The molecule has 0 spiro atoms. The van der Waals surface area contributed by atoms with Crippen molar-refractivity contribution in [3.63, 3.8) is 0 Å². The third kappa shape index (κ3) is 5.20. The van der Waals surface area contributed by atoms with Gasteiger partial charge in [-0.2, -0.15) is 0 Å². The Morgan fingerprint density at radius 2 is 1.86 bits per heavy atom. The Morgan fingerprint density at radius 1 is 1.10 bits per heavy atom. The van der Waals surface area contributed by atoms with Crippen molar-refractivity contribution in [1.82, 2.24) is 10.3 Å². The number of ketones is 1. The monoisotopic (exact) mass is 410 g/mol. The van der Waals surface area contributed by atoms with Crippen molar-refractivity contribution in [2.75, 3.05) is 13.7 Å². The van der Waals surface area contributed by atoms with E-state index in [4.69, 9.17) is 9.47 Å². The van der Waals surface area contributed by atoms with Crippen LogP contribution in [0.3, 0.4) is 0 Å². The molecule has 0 radical (unpaired) electrons. The molecule has 0 aliphatic heterocycles. The van der Waals surface area contributed by atoms with Crippen LogP contribution in [-0.2, 0) is 11.3 Å². The highest BCUT2D eigenvalue weighted by atomic mass is 32.1. The number of Topliss-reactive ketones (excluding diaryl/α,β-unsaturated/α-hetero) is 1. The van der Waals surface area contributed by atoms with Gasteiger partial charge in [0.15, 0.2) is 23.9 Å². The Balaban J connectivity index is 1.57. The summed E-state index contributed by atoms with van der Waals surface area (Å²) >= 11 is 1.56. The van der Waals surface area contributed by atoms with Crippen LogP contribution in [0, 0.1) is 6.92 Å². The zero-order valence-corrected chi connectivity index (χ0v) is 17.3. The molecule has 1 amide bonds. The summed E-state index contributed by atoms with van der Waals surface area (Å²) in [7, 11) is 1.49. The molecule has 0 bridgehead atoms. The first kappa shape index (κ1) is 20.5. The minimum Gasteiger partial charge on any atom is -0.493 e. The summed E-state index contributed by atoms with van der Waals surface area (Å²) in [5, 5.41) is 3.78. The molecular weight excluding hydrogens is 388 g/mol. The summed E-state index contributed by atoms with van der Waals surface area (Å²) in [5.74, 6) is 0.503. The molecule has 7 heteroatoms. The van der Waals surface area contributed by atoms with Crippen LogP contribution in [0.15, 0.2) is 48.5 Å². The van der Waals surface area contributed by atoms with Crippen molar-refractivity contribution < 1.29 is 19.1 Å². The second kappa shape index (κ2) is 9.34. The quantitative estimate of drug-likeness (QED) is 0.568. The number of rotatable bonds is 8. The second-order valence-corrected chi connectivity index (χ2v) is 7.46. The largest absolute Gasteiger partial charge is 0.493 e. The summed E-state index contributed by atoms with van der Waals surface area (Å²) in [6, 6.07) is 14.8. The molecule has 3 rings (SSSR count). The number of ether oxygens (including phenoxy) is 2. The first-order chi connectivity index (χ1) is 14.0. The number of hydrogen-bond donors (Lipinski definition) is 1. The van der Waals surface area contributed by atoms with Crippen LogP contribution in [0.4, 0.5) is 0 Å². The molecule has 1 N–H and O–H groups in total. The summed E-state index contributed by atoms with van der Waals surface area (Å²) in [5.41, 5.74) is 2.48. The molecule has 2 aromatic carbocycles. The van der Waals surface area contributed by atoms with Gasteiger partial charge in [-0.3, -0.25) is 9.59 Å². The van der Waals surface area contributed by atoms with Crippen molar-refractivity contribution >= 4 is 23.0 Å². The third-order valence-electron chi connectivity index (χ3n) is 4.29. The van der Waals surface area contributed by atoms with Gasteiger partial charge in [-0.1, -0.05) is 30.3 Å². The van der Waals surface area contributed by atoms with E-state index >= 15 is 0 Å². The summed E-state index contributed by atoms with van der Waals surface area (Å²) in [4.78, 5) is 29.3. The Kier molecular flexibility index (Phi) is 6.61.